The minimum Gasteiger partial charge on any atom is -0.481 e. The van der Waals surface area contributed by atoms with Gasteiger partial charge in [0.1, 0.15) is 0 Å². The summed E-state index contributed by atoms with van der Waals surface area (Å²) in [4.78, 5) is 10.5. The SMILES string of the molecule is Cc1cc(C)c(Br)c(C(N)CCC(=O)O)c1. The number of nitrogens with two attached hydrogens (primary N) is 1. The summed E-state index contributed by atoms with van der Waals surface area (Å²) in [6.45, 7) is 4.01. The Morgan fingerprint density at radius 3 is 2.69 bits per heavy atom. The van der Waals surface area contributed by atoms with Crippen LogP contribution in [0, 0.1) is 13.8 Å². The molecule has 0 fully saturated rings. The lowest BCUT2D eigenvalue weighted by Gasteiger charge is -2.15. The van der Waals surface area contributed by atoms with Crippen molar-refractivity contribution in [1.82, 2.24) is 0 Å². The average molecular weight is 286 g/mol. The third-order valence-electron chi connectivity index (χ3n) is 2.50. The Bertz CT molecular complexity index is 404. The number of halogens is 1. The van der Waals surface area contributed by atoms with Crippen molar-refractivity contribution in [3.05, 3.63) is 33.3 Å². The molecule has 3 nitrogen and oxygen atoms in total. The summed E-state index contributed by atoms with van der Waals surface area (Å²) < 4.78 is 0.982. The van der Waals surface area contributed by atoms with Gasteiger partial charge in [0.15, 0.2) is 0 Å². The molecule has 0 radical (unpaired) electrons. The summed E-state index contributed by atoms with van der Waals surface area (Å²) in [5, 5.41) is 8.62. The number of aliphatic carboxylic acids is 1. The summed E-state index contributed by atoms with van der Waals surface area (Å²) in [5.74, 6) is -0.809. The highest BCUT2D eigenvalue weighted by atomic mass is 79.9. The lowest BCUT2D eigenvalue weighted by atomic mass is 9.99. The monoisotopic (exact) mass is 285 g/mol. The van der Waals surface area contributed by atoms with Gasteiger partial charge in [0.2, 0.25) is 0 Å². The molecule has 0 spiro atoms. The highest BCUT2D eigenvalue weighted by Gasteiger charge is 2.13. The second-order valence-corrected chi connectivity index (χ2v) is 4.82. The summed E-state index contributed by atoms with van der Waals surface area (Å²) >= 11 is 3.49. The van der Waals surface area contributed by atoms with Gasteiger partial charge in [-0.25, -0.2) is 0 Å². The number of carboxylic acids is 1. The summed E-state index contributed by atoms with van der Waals surface area (Å²) in [6, 6.07) is 3.84. The Balaban J connectivity index is 2.90. The normalized spacial score (nSPS) is 12.5. The van der Waals surface area contributed by atoms with Crippen LogP contribution < -0.4 is 5.73 Å². The van der Waals surface area contributed by atoms with Gasteiger partial charge in [-0.1, -0.05) is 33.6 Å². The van der Waals surface area contributed by atoms with Gasteiger partial charge in [-0.15, -0.1) is 0 Å². The second kappa shape index (κ2) is 5.46. The van der Waals surface area contributed by atoms with E-state index in [1.165, 1.54) is 0 Å². The fourth-order valence-corrected chi connectivity index (χ4v) is 2.21. The topological polar surface area (TPSA) is 63.3 Å². The predicted molar refractivity (Wildman–Crippen MR) is 67.4 cm³/mol. The third-order valence-corrected chi connectivity index (χ3v) is 3.58. The third kappa shape index (κ3) is 3.32. The first-order chi connectivity index (χ1) is 7.41. The molecule has 0 heterocycles. The fourth-order valence-electron chi connectivity index (χ4n) is 1.69. The van der Waals surface area contributed by atoms with Crippen molar-refractivity contribution >= 4 is 21.9 Å². The van der Waals surface area contributed by atoms with E-state index >= 15 is 0 Å². The Hall–Kier alpha value is -0.870. The second-order valence-electron chi connectivity index (χ2n) is 4.02. The summed E-state index contributed by atoms with van der Waals surface area (Å²) in [7, 11) is 0. The van der Waals surface area contributed by atoms with E-state index in [1.54, 1.807) is 0 Å². The minimum atomic E-state index is -0.809. The molecule has 1 aromatic carbocycles. The quantitative estimate of drug-likeness (QED) is 0.894. The van der Waals surface area contributed by atoms with E-state index in [4.69, 9.17) is 10.8 Å². The van der Waals surface area contributed by atoms with Crippen LogP contribution in [0.4, 0.5) is 0 Å². The van der Waals surface area contributed by atoms with Crippen molar-refractivity contribution in [3.8, 4) is 0 Å². The minimum absolute atomic E-state index is 0.0978. The van der Waals surface area contributed by atoms with Gasteiger partial charge in [-0.2, -0.15) is 0 Å². The number of rotatable bonds is 4. The molecule has 0 aliphatic rings. The van der Waals surface area contributed by atoms with Crippen LogP contribution in [0.1, 0.15) is 35.6 Å². The van der Waals surface area contributed by atoms with Crippen molar-refractivity contribution < 1.29 is 9.90 Å². The molecule has 0 aliphatic carbocycles. The Labute approximate surface area is 104 Å². The van der Waals surface area contributed by atoms with E-state index in [2.05, 4.69) is 22.0 Å². The van der Waals surface area contributed by atoms with Crippen LogP contribution in [0.2, 0.25) is 0 Å². The zero-order valence-electron chi connectivity index (χ0n) is 9.46. The summed E-state index contributed by atoms with van der Waals surface area (Å²) in [5.41, 5.74) is 9.24. The molecule has 88 valence electrons. The van der Waals surface area contributed by atoms with Gasteiger partial charge in [0.05, 0.1) is 0 Å². The van der Waals surface area contributed by atoms with Crippen molar-refractivity contribution in [3.63, 3.8) is 0 Å². The van der Waals surface area contributed by atoms with Gasteiger partial charge in [0.25, 0.3) is 0 Å². The molecule has 0 saturated carbocycles. The molecule has 0 aromatic heterocycles. The first-order valence-electron chi connectivity index (χ1n) is 5.16. The van der Waals surface area contributed by atoms with Crippen molar-refractivity contribution in [2.75, 3.05) is 0 Å². The largest absolute Gasteiger partial charge is 0.481 e. The van der Waals surface area contributed by atoms with Crippen molar-refractivity contribution in [2.24, 2.45) is 5.73 Å². The number of benzene rings is 1. The first kappa shape index (κ1) is 13.2. The fraction of sp³-hybridized carbons (Fsp3) is 0.417. The number of hydrogen-bond acceptors (Lipinski definition) is 2. The van der Waals surface area contributed by atoms with E-state index in [-0.39, 0.29) is 12.5 Å². The van der Waals surface area contributed by atoms with Crippen LogP contribution in [0.3, 0.4) is 0 Å². The Morgan fingerprint density at radius 2 is 2.12 bits per heavy atom. The van der Waals surface area contributed by atoms with Crippen LogP contribution in [0.5, 0.6) is 0 Å². The molecule has 3 N–H and O–H groups in total. The van der Waals surface area contributed by atoms with E-state index < -0.39 is 5.97 Å². The van der Waals surface area contributed by atoms with E-state index in [0.29, 0.717) is 6.42 Å². The number of hydrogen-bond donors (Lipinski definition) is 2. The van der Waals surface area contributed by atoms with Crippen LogP contribution in [-0.4, -0.2) is 11.1 Å². The van der Waals surface area contributed by atoms with E-state index in [9.17, 15) is 4.79 Å². The maximum Gasteiger partial charge on any atom is 0.303 e. The molecule has 1 rings (SSSR count). The molecular weight excluding hydrogens is 270 g/mol. The number of aryl methyl sites for hydroxylation is 2. The van der Waals surface area contributed by atoms with Crippen LogP contribution in [0.25, 0.3) is 0 Å². The highest BCUT2D eigenvalue weighted by Crippen LogP contribution is 2.29. The summed E-state index contributed by atoms with van der Waals surface area (Å²) in [6.07, 6.45) is 0.553. The van der Waals surface area contributed by atoms with E-state index in [1.807, 2.05) is 19.9 Å². The molecule has 1 atom stereocenters. The molecule has 4 heteroatoms. The van der Waals surface area contributed by atoms with Crippen LogP contribution in [0.15, 0.2) is 16.6 Å². The van der Waals surface area contributed by atoms with Crippen LogP contribution >= 0.6 is 15.9 Å². The standard InChI is InChI=1S/C12H16BrNO2/c1-7-5-8(2)12(13)9(6-7)10(14)3-4-11(15)16/h5-6,10H,3-4,14H2,1-2H3,(H,15,16). The molecule has 1 aromatic rings. The molecule has 1 unspecified atom stereocenters. The maximum absolute atomic E-state index is 10.5. The van der Waals surface area contributed by atoms with Gasteiger partial charge < -0.3 is 10.8 Å². The molecule has 16 heavy (non-hydrogen) atoms. The average Bonchev–Trinajstić information content (AvgIpc) is 2.19. The zero-order valence-corrected chi connectivity index (χ0v) is 11.0. The highest BCUT2D eigenvalue weighted by molar-refractivity contribution is 9.10. The van der Waals surface area contributed by atoms with Gasteiger partial charge in [0, 0.05) is 16.9 Å². The Kier molecular flexibility index (Phi) is 4.50. The van der Waals surface area contributed by atoms with Gasteiger partial charge in [-0.05, 0) is 31.4 Å². The predicted octanol–water partition coefficient (Wildman–Crippen LogP) is 2.93. The first-order valence-corrected chi connectivity index (χ1v) is 5.95. The zero-order chi connectivity index (χ0) is 12.3. The molecule has 0 bridgehead atoms. The van der Waals surface area contributed by atoms with Gasteiger partial charge in [-0.3, -0.25) is 4.79 Å². The molecule has 0 amide bonds. The Morgan fingerprint density at radius 1 is 1.50 bits per heavy atom. The lowest BCUT2D eigenvalue weighted by molar-refractivity contribution is -0.137. The maximum atomic E-state index is 10.5. The smallest absolute Gasteiger partial charge is 0.303 e. The molecular formula is C12H16BrNO2. The van der Waals surface area contributed by atoms with Crippen LogP contribution in [-0.2, 0) is 4.79 Å². The van der Waals surface area contributed by atoms with Crippen molar-refractivity contribution in [2.45, 2.75) is 32.7 Å². The van der Waals surface area contributed by atoms with Crippen molar-refractivity contribution in [1.29, 1.82) is 0 Å². The number of carboxylic acid groups (broad SMARTS) is 1. The van der Waals surface area contributed by atoms with E-state index in [0.717, 1.165) is 21.2 Å². The lowest BCUT2D eigenvalue weighted by Crippen LogP contribution is -2.13. The molecule has 0 aliphatic heterocycles. The van der Waals surface area contributed by atoms with Gasteiger partial charge >= 0.3 is 5.97 Å². The molecule has 0 saturated heterocycles. The number of carbonyl (C=O) groups is 1.